The van der Waals surface area contributed by atoms with Crippen LogP contribution in [0.15, 0.2) is 26.1 Å². The van der Waals surface area contributed by atoms with Gasteiger partial charge in [-0.15, -0.1) is 0 Å². The topological polar surface area (TPSA) is 73.6 Å². The minimum atomic E-state index is -1.30. The molecule has 0 unspecified atom stereocenters. The van der Waals surface area contributed by atoms with Gasteiger partial charge >= 0.3 is 0 Å². The molecule has 0 aliphatic carbocycles. The van der Waals surface area contributed by atoms with Crippen molar-refractivity contribution in [3.63, 3.8) is 0 Å². The molecule has 1 aliphatic heterocycles. The Hall–Kier alpha value is -1.12. The lowest BCUT2D eigenvalue weighted by Gasteiger charge is -2.27. The number of hydrogen-bond acceptors (Lipinski definition) is 6. The van der Waals surface area contributed by atoms with E-state index in [-0.39, 0.29) is 4.32 Å². The first kappa shape index (κ1) is 16.3. The molecule has 8 heteroatoms. The summed E-state index contributed by atoms with van der Waals surface area (Å²) in [5, 5.41) is 11.2. The second kappa shape index (κ2) is 6.76. The standard InChI is InChI=1S/C13H12BrNO4S2/c1-2-3-8(12(17)18)15-11(16)9(21-13(15)20)6-7-4-5-10(14)19-7/h4-6,8H,2-3H2,1H3,(H,17,18)/p-1/b9-6+/t8-/m1/s1. The van der Waals surface area contributed by atoms with Gasteiger partial charge in [0.05, 0.1) is 16.9 Å². The molecule has 0 N–H and O–H groups in total. The summed E-state index contributed by atoms with van der Waals surface area (Å²) in [6, 6.07) is 2.36. The molecule has 0 radical (unpaired) electrons. The summed E-state index contributed by atoms with van der Waals surface area (Å²) < 4.78 is 6.07. The predicted molar refractivity (Wildman–Crippen MR) is 85.1 cm³/mol. The van der Waals surface area contributed by atoms with Crippen molar-refractivity contribution in [3.05, 3.63) is 27.5 Å². The van der Waals surface area contributed by atoms with Gasteiger partial charge in [-0.1, -0.05) is 37.3 Å². The van der Waals surface area contributed by atoms with Crippen LogP contribution >= 0.6 is 39.9 Å². The number of carboxylic acids is 1. The Labute approximate surface area is 139 Å². The zero-order chi connectivity index (χ0) is 15.6. The predicted octanol–water partition coefficient (Wildman–Crippen LogP) is 2.16. The number of thioether (sulfide) groups is 1. The number of aliphatic carboxylic acids is 1. The third-order valence-electron chi connectivity index (χ3n) is 2.84. The highest BCUT2D eigenvalue weighted by Gasteiger charge is 2.37. The van der Waals surface area contributed by atoms with Crippen LogP contribution in [0.4, 0.5) is 0 Å². The highest BCUT2D eigenvalue weighted by molar-refractivity contribution is 9.10. The number of halogens is 1. The van der Waals surface area contributed by atoms with E-state index in [0.717, 1.165) is 16.7 Å². The zero-order valence-corrected chi connectivity index (χ0v) is 14.2. The van der Waals surface area contributed by atoms with Crippen molar-refractivity contribution in [2.75, 3.05) is 0 Å². The van der Waals surface area contributed by atoms with Gasteiger partial charge in [0.25, 0.3) is 5.91 Å². The van der Waals surface area contributed by atoms with Crippen molar-refractivity contribution < 1.29 is 19.1 Å². The molecule has 0 bridgehead atoms. The van der Waals surface area contributed by atoms with Crippen molar-refractivity contribution in [1.29, 1.82) is 0 Å². The molecule has 21 heavy (non-hydrogen) atoms. The van der Waals surface area contributed by atoms with Crippen LogP contribution in [-0.4, -0.2) is 27.1 Å². The lowest BCUT2D eigenvalue weighted by molar-refractivity contribution is -0.310. The Morgan fingerprint density at radius 2 is 2.33 bits per heavy atom. The summed E-state index contributed by atoms with van der Waals surface area (Å²) >= 11 is 9.36. The first-order chi connectivity index (χ1) is 9.93. The second-order valence-electron chi connectivity index (χ2n) is 4.32. The summed E-state index contributed by atoms with van der Waals surface area (Å²) in [6.07, 6.45) is 2.45. The van der Waals surface area contributed by atoms with Gasteiger partial charge in [-0.2, -0.15) is 0 Å². The zero-order valence-electron chi connectivity index (χ0n) is 11.0. The lowest BCUT2D eigenvalue weighted by atomic mass is 10.1. The molecule has 1 aromatic rings. The minimum absolute atomic E-state index is 0.222. The van der Waals surface area contributed by atoms with E-state index >= 15 is 0 Å². The van der Waals surface area contributed by atoms with Gasteiger partial charge in [-0.25, -0.2) is 0 Å². The summed E-state index contributed by atoms with van der Waals surface area (Å²) in [7, 11) is 0. The molecule has 5 nitrogen and oxygen atoms in total. The maximum absolute atomic E-state index is 12.4. The van der Waals surface area contributed by atoms with Crippen LogP contribution in [0.2, 0.25) is 0 Å². The smallest absolute Gasteiger partial charge is 0.266 e. The number of carbonyl (C=O) groups is 2. The maximum Gasteiger partial charge on any atom is 0.266 e. The van der Waals surface area contributed by atoms with E-state index in [0.29, 0.717) is 28.2 Å². The molecule has 112 valence electrons. The molecule has 2 rings (SSSR count). The van der Waals surface area contributed by atoms with Crippen LogP contribution in [0.3, 0.4) is 0 Å². The Bertz CT molecular complexity index is 625. The molecule has 0 aromatic carbocycles. The number of carboxylic acid groups (broad SMARTS) is 1. The van der Waals surface area contributed by atoms with Gasteiger partial charge in [-0.05, 0) is 34.5 Å². The van der Waals surface area contributed by atoms with Crippen molar-refractivity contribution in [2.45, 2.75) is 25.8 Å². The Kier molecular flexibility index (Phi) is 5.23. The number of nitrogens with zero attached hydrogens (tertiary/aromatic N) is 1. The van der Waals surface area contributed by atoms with Crippen LogP contribution in [-0.2, 0) is 9.59 Å². The Balaban J connectivity index is 2.27. The highest BCUT2D eigenvalue weighted by Crippen LogP contribution is 2.35. The van der Waals surface area contributed by atoms with Gasteiger partial charge in [0, 0.05) is 6.08 Å². The van der Waals surface area contributed by atoms with Crippen molar-refractivity contribution in [3.8, 4) is 0 Å². The summed E-state index contributed by atoms with van der Waals surface area (Å²) in [6.45, 7) is 1.84. The SMILES string of the molecule is CCC[C@H](C(=O)[O-])N1C(=O)/C(=C\c2ccc(Br)o2)SC1=S. The average molecular weight is 389 g/mol. The first-order valence-corrected chi connectivity index (χ1v) is 8.19. The minimum Gasteiger partial charge on any atom is -0.548 e. The fourth-order valence-electron chi connectivity index (χ4n) is 1.91. The van der Waals surface area contributed by atoms with Crippen LogP contribution < -0.4 is 5.11 Å². The number of hydrogen-bond donors (Lipinski definition) is 0. The van der Waals surface area contributed by atoms with E-state index in [2.05, 4.69) is 15.9 Å². The fourth-order valence-corrected chi connectivity index (χ4v) is 3.57. The van der Waals surface area contributed by atoms with Crippen LogP contribution in [0.25, 0.3) is 6.08 Å². The molecule has 1 amide bonds. The molecule has 1 aliphatic rings. The summed E-state index contributed by atoms with van der Waals surface area (Å²) in [5.74, 6) is -1.24. The third-order valence-corrected chi connectivity index (χ3v) is 4.59. The Morgan fingerprint density at radius 1 is 1.62 bits per heavy atom. The molecule has 1 atom stereocenters. The van der Waals surface area contributed by atoms with Gasteiger partial charge in [0.15, 0.2) is 4.67 Å². The number of furan rings is 1. The first-order valence-electron chi connectivity index (χ1n) is 6.17. The highest BCUT2D eigenvalue weighted by atomic mass is 79.9. The molecule has 1 aromatic heterocycles. The molecular formula is C13H11BrNO4S2-. The maximum atomic E-state index is 12.4. The van der Waals surface area contributed by atoms with E-state index in [1.807, 2.05) is 6.92 Å². The third kappa shape index (κ3) is 3.56. The molecule has 1 saturated heterocycles. The molecular weight excluding hydrogens is 378 g/mol. The number of carbonyl (C=O) groups excluding carboxylic acids is 2. The van der Waals surface area contributed by atoms with Crippen LogP contribution in [0, 0.1) is 0 Å². The molecule has 1 fully saturated rings. The van der Waals surface area contributed by atoms with Gasteiger partial charge in [-0.3, -0.25) is 9.69 Å². The monoisotopic (exact) mass is 388 g/mol. The van der Waals surface area contributed by atoms with E-state index < -0.39 is 17.9 Å². The number of rotatable bonds is 5. The lowest BCUT2D eigenvalue weighted by Crippen LogP contribution is -2.49. The van der Waals surface area contributed by atoms with E-state index in [1.54, 1.807) is 18.2 Å². The number of thiocarbonyl (C=S) groups is 1. The average Bonchev–Trinajstić information content (AvgIpc) is 2.93. The fraction of sp³-hybridized carbons (Fsp3) is 0.308. The van der Waals surface area contributed by atoms with E-state index in [4.69, 9.17) is 16.6 Å². The van der Waals surface area contributed by atoms with Gasteiger partial charge < -0.3 is 14.3 Å². The molecule has 0 saturated carbocycles. The summed E-state index contributed by atoms with van der Waals surface area (Å²) in [4.78, 5) is 25.0. The molecule has 2 heterocycles. The van der Waals surface area contributed by atoms with Gasteiger partial charge in [0.2, 0.25) is 0 Å². The van der Waals surface area contributed by atoms with E-state index in [1.165, 1.54) is 0 Å². The number of amides is 1. The van der Waals surface area contributed by atoms with Crippen LogP contribution in [0.1, 0.15) is 25.5 Å². The normalized spacial score (nSPS) is 18.6. The molecule has 0 spiro atoms. The van der Waals surface area contributed by atoms with Gasteiger partial charge in [0.1, 0.15) is 10.1 Å². The largest absolute Gasteiger partial charge is 0.548 e. The van der Waals surface area contributed by atoms with Crippen molar-refractivity contribution >= 4 is 62.2 Å². The Morgan fingerprint density at radius 3 is 2.86 bits per heavy atom. The summed E-state index contributed by atoms with van der Waals surface area (Å²) in [5.41, 5.74) is 0. The van der Waals surface area contributed by atoms with E-state index in [9.17, 15) is 14.7 Å². The van der Waals surface area contributed by atoms with Crippen LogP contribution in [0.5, 0.6) is 0 Å². The van der Waals surface area contributed by atoms with Crippen molar-refractivity contribution in [2.24, 2.45) is 0 Å². The quantitative estimate of drug-likeness (QED) is 0.568. The van der Waals surface area contributed by atoms with Crippen molar-refractivity contribution in [1.82, 2.24) is 4.90 Å². The second-order valence-corrected chi connectivity index (χ2v) is 6.77.